The Hall–Kier alpha value is -6.01. The summed E-state index contributed by atoms with van der Waals surface area (Å²) in [5.74, 6) is -2.45. The van der Waals surface area contributed by atoms with Gasteiger partial charge in [0.25, 0.3) is 5.91 Å². The molecule has 1 saturated heterocycles. The van der Waals surface area contributed by atoms with Gasteiger partial charge in [-0.15, -0.1) is 0 Å². The van der Waals surface area contributed by atoms with Crippen LogP contribution in [-0.4, -0.2) is 78.8 Å². The van der Waals surface area contributed by atoms with E-state index >= 15 is 0 Å². The Kier molecular flexibility index (Phi) is 14.2. The van der Waals surface area contributed by atoms with Gasteiger partial charge in [-0.05, 0) is 66.7 Å². The number of benzene rings is 4. The van der Waals surface area contributed by atoms with Gasteiger partial charge >= 0.3 is 0 Å². The van der Waals surface area contributed by atoms with Crippen LogP contribution in [0.5, 0.6) is 5.75 Å². The van der Waals surface area contributed by atoms with Crippen molar-refractivity contribution in [2.24, 2.45) is 0 Å². The van der Waals surface area contributed by atoms with Gasteiger partial charge < -0.3 is 31.3 Å². The summed E-state index contributed by atoms with van der Waals surface area (Å²) in [6, 6.07) is 29.9. The van der Waals surface area contributed by atoms with E-state index in [9.17, 15) is 24.0 Å². The maximum atomic E-state index is 14.0. The molecule has 6 rings (SSSR count). The zero-order chi connectivity index (χ0) is 39.1. The summed E-state index contributed by atoms with van der Waals surface area (Å²) in [5, 5.41) is 14.2. The van der Waals surface area contributed by atoms with Gasteiger partial charge in [0, 0.05) is 32.5 Å². The number of likely N-dealkylation sites (tertiary alicyclic amines) is 1. The van der Waals surface area contributed by atoms with Gasteiger partial charge in [-0.25, -0.2) is 0 Å². The molecule has 12 heteroatoms. The zero-order valence-electron chi connectivity index (χ0n) is 31.5. The number of nitrogens with one attached hydrogen (secondary N) is 5. The molecule has 4 aromatic rings. The number of carbonyl (C=O) groups is 5. The van der Waals surface area contributed by atoms with Gasteiger partial charge in [0.1, 0.15) is 23.9 Å². The Bertz CT molecular complexity index is 1930. The molecule has 2 heterocycles. The summed E-state index contributed by atoms with van der Waals surface area (Å²) in [5.41, 5.74) is 3.88. The Morgan fingerprint density at radius 2 is 1.27 bits per heavy atom. The zero-order valence-corrected chi connectivity index (χ0v) is 31.5. The first kappa shape index (κ1) is 39.7. The smallest absolute Gasteiger partial charge is 0.255 e. The Morgan fingerprint density at radius 3 is 1.95 bits per heavy atom. The van der Waals surface area contributed by atoms with Crippen LogP contribution in [0.3, 0.4) is 0 Å². The van der Waals surface area contributed by atoms with Crippen molar-refractivity contribution in [2.75, 3.05) is 26.2 Å². The molecule has 3 atom stereocenters. The van der Waals surface area contributed by atoms with Crippen molar-refractivity contribution in [3.63, 3.8) is 0 Å². The van der Waals surface area contributed by atoms with E-state index in [1.807, 2.05) is 72.8 Å². The molecule has 5 amide bonds. The number of rotatable bonds is 9. The van der Waals surface area contributed by atoms with E-state index in [-0.39, 0.29) is 44.0 Å². The summed E-state index contributed by atoms with van der Waals surface area (Å²) < 4.78 is 5.96. The summed E-state index contributed by atoms with van der Waals surface area (Å²) in [7, 11) is 0. The topological polar surface area (TPSA) is 158 Å². The number of ether oxygens (including phenoxy) is 1. The van der Waals surface area contributed by atoms with Crippen molar-refractivity contribution >= 4 is 29.5 Å². The van der Waals surface area contributed by atoms with Gasteiger partial charge in [-0.2, -0.15) is 0 Å². The van der Waals surface area contributed by atoms with E-state index in [2.05, 4.69) is 43.6 Å². The molecule has 4 aromatic carbocycles. The maximum absolute atomic E-state index is 14.0. The lowest BCUT2D eigenvalue weighted by Crippen LogP contribution is -2.56. The fourth-order valence-electron chi connectivity index (χ4n) is 6.92. The van der Waals surface area contributed by atoms with Crippen molar-refractivity contribution in [1.29, 1.82) is 0 Å². The van der Waals surface area contributed by atoms with Crippen LogP contribution in [0.1, 0.15) is 58.3 Å². The molecule has 292 valence electrons. The molecule has 0 radical (unpaired) electrons. The van der Waals surface area contributed by atoms with Crippen LogP contribution in [0.4, 0.5) is 0 Å². The number of carbonyl (C=O) groups excluding carboxylic acids is 5. The van der Waals surface area contributed by atoms with Gasteiger partial charge in [-0.3, -0.25) is 28.9 Å². The molecule has 0 bridgehead atoms. The Balaban J connectivity index is 1.23. The second kappa shape index (κ2) is 20.1. The van der Waals surface area contributed by atoms with Gasteiger partial charge in [0.2, 0.25) is 23.6 Å². The van der Waals surface area contributed by atoms with Gasteiger partial charge in [-0.1, -0.05) is 97.1 Å². The fourth-order valence-corrected chi connectivity index (χ4v) is 6.92. The molecule has 2 aliphatic rings. The molecule has 0 spiro atoms. The van der Waals surface area contributed by atoms with E-state index in [4.69, 9.17) is 4.74 Å². The standard InChI is InChI=1S/C44H50N6O6/c51-40-28-38(43(54)46-29-33-18-20-34(21-19-33)30-50-23-9-10-24-50)48-41(52)35-16-7-8-17-39(35)56-25-11-22-45-42(53)36(26-31-12-3-1-4-13-31)49-44(55)37(47-40)27-32-14-5-2-6-15-32/h1-8,12-21,36-38H,9-11,22-30H2,(H,45,53)(H,46,54)(H,47,51)(H,48,52)(H,49,55)/t36-,37-,38-/m0/s1. The number of hydrogen-bond acceptors (Lipinski definition) is 7. The number of nitrogens with zero attached hydrogens (tertiary/aromatic N) is 1. The fraction of sp³-hybridized carbons (Fsp3) is 0.341. The minimum atomic E-state index is -1.29. The van der Waals surface area contributed by atoms with E-state index < -0.39 is 48.2 Å². The maximum Gasteiger partial charge on any atom is 0.255 e. The third kappa shape index (κ3) is 11.7. The Morgan fingerprint density at radius 1 is 0.661 bits per heavy atom. The molecule has 1 fully saturated rings. The number of para-hydroxylation sites is 1. The molecule has 2 aliphatic heterocycles. The van der Waals surface area contributed by atoms with E-state index in [1.54, 1.807) is 24.3 Å². The van der Waals surface area contributed by atoms with E-state index in [1.165, 1.54) is 18.4 Å². The molecular weight excluding hydrogens is 709 g/mol. The van der Waals surface area contributed by atoms with Gasteiger partial charge in [0.15, 0.2) is 0 Å². The van der Waals surface area contributed by atoms with Crippen LogP contribution in [0.15, 0.2) is 109 Å². The third-order valence-corrected chi connectivity index (χ3v) is 9.97. The van der Waals surface area contributed by atoms with Crippen LogP contribution in [0.25, 0.3) is 0 Å². The predicted octanol–water partition coefficient (Wildman–Crippen LogP) is 3.44. The monoisotopic (exact) mass is 758 g/mol. The summed E-state index contributed by atoms with van der Waals surface area (Å²) in [6.45, 7) is 3.69. The summed E-state index contributed by atoms with van der Waals surface area (Å²) >= 11 is 0. The van der Waals surface area contributed by atoms with Crippen molar-refractivity contribution in [2.45, 2.75) is 69.7 Å². The van der Waals surface area contributed by atoms with Crippen molar-refractivity contribution in [3.8, 4) is 5.75 Å². The van der Waals surface area contributed by atoms with Crippen molar-refractivity contribution in [1.82, 2.24) is 31.5 Å². The summed E-state index contributed by atoms with van der Waals surface area (Å²) in [6.07, 6.45) is 2.75. The highest BCUT2D eigenvalue weighted by molar-refractivity contribution is 6.01. The van der Waals surface area contributed by atoms with E-state index in [0.717, 1.165) is 36.3 Å². The molecule has 0 saturated carbocycles. The predicted molar refractivity (Wildman–Crippen MR) is 212 cm³/mol. The summed E-state index contributed by atoms with van der Waals surface area (Å²) in [4.78, 5) is 71.4. The molecule has 5 N–H and O–H groups in total. The van der Waals surface area contributed by atoms with Crippen LogP contribution in [-0.2, 0) is 45.1 Å². The SMILES string of the molecule is O=C1C[C@@H](C(=O)NCc2ccc(CN3CCCC3)cc2)NC(=O)c2ccccc2OCCCNC(=O)[C@H](Cc2ccccc2)NC(=O)[C@H](Cc2ccccc2)N1. The third-order valence-electron chi connectivity index (χ3n) is 9.97. The Labute approximate surface area is 327 Å². The molecule has 0 aromatic heterocycles. The van der Waals surface area contributed by atoms with Crippen molar-refractivity contribution in [3.05, 3.63) is 137 Å². The number of fused-ring (bicyclic) bond motifs is 1. The lowest BCUT2D eigenvalue weighted by atomic mass is 10.0. The molecule has 0 unspecified atom stereocenters. The highest BCUT2D eigenvalue weighted by Gasteiger charge is 2.31. The van der Waals surface area contributed by atoms with Crippen LogP contribution < -0.4 is 31.3 Å². The average Bonchev–Trinajstić information content (AvgIpc) is 3.73. The first-order chi connectivity index (χ1) is 27.3. The van der Waals surface area contributed by atoms with Crippen LogP contribution >= 0.6 is 0 Å². The number of amides is 5. The molecule has 56 heavy (non-hydrogen) atoms. The number of hydrogen-bond donors (Lipinski definition) is 5. The highest BCUT2D eigenvalue weighted by Crippen LogP contribution is 2.19. The second-order valence-electron chi connectivity index (χ2n) is 14.3. The minimum absolute atomic E-state index is 0.125. The van der Waals surface area contributed by atoms with Gasteiger partial charge in [0.05, 0.1) is 18.6 Å². The lowest BCUT2D eigenvalue weighted by molar-refractivity contribution is -0.133. The van der Waals surface area contributed by atoms with E-state index in [0.29, 0.717) is 12.2 Å². The largest absolute Gasteiger partial charge is 0.493 e. The van der Waals surface area contributed by atoms with Crippen LogP contribution in [0, 0.1) is 0 Å². The second-order valence-corrected chi connectivity index (χ2v) is 14.3. The molecular formula is C44H50N6O6. The highest BCUT2D eigenvalue weighted by atomic mass is 16.5. The quantitative estimate of drug-likeness (QED) is 0.175. The lowest BCUT2D eigenvalue weighted by Gasteiger charge is -2.25. The van der Waals surface area contributed by atoms with Crippen LogP contribution in [0.2, 0.25) is 0 Å². The normalized spacial score (nSPS) is 20.2. The first-order valence-electron chi connectivity index (χ1n) is 19.4. The minimum Gasteiger partial charge on any atom is -0.493 e. The van der Waals surface area contributed by atoms with Crippen molar-refractivity contribution < 1.29 is 28.7 Å². The average molecular weight is 759 g/mol. The first-order valence-corrected chi connectivity index (χ1v) is 19.4. The molecule has 12 nitrogen and oxygen atoms in total. The molecule has 0 aliphatic carbocycles.